The van der Waals surface area contributed by atoms with Crippen LogP contribution >= 0.6 is 0 Å². The Morgan fingerprint density at radius 3 is 2.60 bits per heavy atom. The summed E-state index contributed by atoms with van der Waals surface area (Å²) >= 11 is 0. The molecule has 0 aromatic rings. The van der Waals surface area contributed by atoms with Gasteiger partial charge in [0.15, 0.2) is 0 Å². The van der Waals surface area contributed by atoms with Crippen molar-refractivity contribution in [2.24, 2.45) is 0 Å². The lowest BCUT2D eigenvalue weighted by Gasteiger charge is -2.12. The van der Waals surface area contributed by atoms with Gasteiger partial charge < -0.3 is 15.2 Å². The summed E-state index contributed by atoms with van der Waals surface area (Å²) in [5.74, 6) is 0. The summed E-state index contributed by atoms with van der Waals surface area (Å²) in [6.45, 7) is 1.18. The first-order valence-corrected chi connectivity index (χ1v) is 3.88. The highest BCUT2D eigenvalue weighted by atomic mass is 16.5. The molecule has 0 amide bonds. The Morgan fingerprint density at radius 1 is 1.30 bits per heavy atom. The molecule has 10 heavy (non-hydrogen) atoms. The summed E-state index contributed by atoms with van der Waals surface area (Å²) < 4.78 is 5.09. The molecule has 2 aliphatic rings. The van der Waals surface area contributed by atoms with Crippen molar-refractivity contribution in [3.63, 3.8) is 0 Å². The number of aliphatic hydroxyl groups excluding tert-OH is 1. The van der Waals surface area contributed by atoms with Crippen LogP contribution in [0.25, 0.3) is 0 Å². The van der Waals surface area contributed by atoms with E-state index < -0.39 is 0 Å². The molecule has 2 atom stereocenters. The van der Waals surface area contributed by atoms with E-state index in [0.29, 0.717) is 19.3 Å². The normalized spacial score (nSPS) is 40.5. The summed E-state index contributed by atoms with van der Waals surface area (Å²) in [6.07, 6.45) is 2.26. The smallest absolute Gasteiger partial charge is 0.0948 e. The molecule has 0 radical (unpaired) electrons. The molecule has 0 bridgehead atoms. The molecule has 0 aromatic carbocycles. The summed E-state index contributed by atoms with van der Waals surface area (Å²) in [5, 5.41) is 12.6. The lowest BCUT2D eigenvalue weighted by atomic mass is 10.2. The highest BCUT2D eigenvalue weighted by molar-refractivity contribution is 4.89. The van der Waals surface area contributed by atoms with Gasteiger partial charge in [-0.05, 0) is 12.8 Å². The number of aliphatic hydroxyl groups is 1. The minimum absolute atomic E-state index is 0.201. The Hall–Kier alpha value is -0.120. The Kier molecular flexibility index (Phi) is 1.64. The lowest BCUT2D eigenvalue weighted by Crippen LogP contribution is -2.39. The van der Waals surface area contributed by atoms with Crippen molar-refractivity contribution in [1.29, 1.82) is 0 Å². The monoisotopic (exact) mass is 143 g/mol. The van der Waals surface area contributed by atoms with Crippen LogP contribution in [0.2, 0.25) is 0 Å². The van der Waals surface area contributed by atoms with E-state index >= 15 is 0 Å². The van der Waals surface area contributed by atoms with Crippen LogP contribution in [0.1, 0.15) is 12.8 Å². The highest BCUT2D eigenvalue weighted by Crippen LogP contribution is 2.21. The van der Waals surface area contributed by atoms with Gasteiger partial charge in [-0.15, -0.1) is 0 Å². The van der Waals surface area contributed by atoms with E-state index in [1.165, 1.54) is 12.8 Å². The second kappa shape index (κ2) is 2.49. The van der Waals surface area contributed by atoms with Crippen molar-refractivity contribution >= 4 is 0 Å². The van der Waals surface area contributed by atoms with E-state index in [1.54, 1.807) is 0 Å². The molecular formula is C7H13NO2. The second-order valence-corrected chi connectivity index (χ2v) is 3.15. The molecule has 1 saturated heterocycles. The summed E-state index contributed by atoms with van der Waals surface area (Å²) in [6, 6.07) is 0.869. The van der Waals surface area contributed by atoms with Gasteiger partial charge >= 0.3 is 0 Å². The van der Waals surface area contributed by atoms with E-state index in [9.17, 15) is 5.11 Å². The molecule has 1 heterocycles. The molecule has 0 spiro atoms. The van der Waals surface area contributed by atoms with Crippen molar-refractivity contribution < 1.29 is 9.84 Å². The van der Waals surface area contributed by atoms with E-state index in [0.717, 1.165) is 0 Å². The molecule has 2 rings (SSSR count). The third-order valence-electron chi connectivity index (χ3n) is 2.08. The van der Waals surface area contributed by atoms with Gasteiger partial charge in [0.25, 0.3) is 0 Å². The van der Waals surface area contributed by atoms with E-state index in [2.05, 4.69) is 5.32 Å². The van der Waals surface area contributed by atoms with Crippen molar-refractivity contribution in [2.75, 3.05) is 13.2 Å². The predicted molar refractivity (Wildman–Crippen MR) is 36.8 cm³/mol. The fraction of sp³-hybridized carbons (Fsp3) is 1.00. The molecule has 1 aliphatic carbocycles. The lowest BCUT2D eigenvalue weighted by molar-refractivity contribution is 0.122. The van der Waals surface area contributed by atoms with E-state index in [4.69, 9.17) is 4.74 Å². The summed E-state index contributed by atoms with van der Waals surface area (Å²) in [4.78, 5) is 0. The standard InChI is InChI=1S/C7H13NO2/c9-7-4-10-3-6(7)8-5-1-2-5/h5-9H,1-4H2/t6-,7+/m1/s1. The van der Waals surface area contributed by atoms with Crippen molar-refractivity contribution in [3.05, 3.63) is 0 Å². The van der Waals surface area contributed by atoms with Gasteiger partial charge in [-0.3, -0.25) is 0 Å². The van der Waals surface area contributed by atoms with Crippen molar-refractivity contribution in [1.82, 2.24) is 5.32 Å². The zero-order valence-corrected chi connectivity index (χ0v) is 5.92. The molecule has 3 heteroatoms. The Bertz CT molecular complexity index is 125. The number of ether oxygens (including phenoxy) is 1. The van der Waals surface area contributed by atoms with Crippen LogP contribution < -0.4 is 5.32 Å². The molecule has 1 aliphatic heterocycles. The number of hydrogen-bond acceptors (Lipinski definition) is 3. The van der Waals surface area contributed by atoms with Gasteiger partial charge in [0.05, 0.1) is 25.4 Å². The number of nitrogens with one attached hydrogen (secondary N) is 1. The predicted octanol–water partition coefficient (Wildman–Crippen LogP) is -0.502. The van der Waals surface area contributed by atoms with Crippen molar-refractivity contribution in [2.45, 2.75) is 31.0 Å². The average molecular weight is 143 g/mol. The average Bonchev–Trinajstić information content (AvgIpc) is 2.62. The molecule has 2 fully saturated rings. The minimum atomic E-state index is -0.277. The maximum absolute atomic E-state index is 9.28. The molecule has 0 aromatic heterocycles. The SMILES string of the molecule is O[C@H]1COC[C@H]1NC1CC1. The van der Waals surface area contributed by atoms with Crippen LogP contribution in [0, 0.1) is 0 Å². The number of hydrogen-bond donors (Lipinski definition) is 2. The van der Waals surface area contributed by atoms with Gasteiger partial charge in [0.2, 0.25) is 0 Å². The van der Waals surface area contributed by atoms with Gasteiger partial charge in [-0.2, -0.15) is 0 Å². The first-order chi connectivity index (χ1) is 4.86. The van der Waals surface area contributed by atoms with Crippen LogP contribution in [0.3, 0.4) is 0 Å². The second-order valence-electron chi connectivity index (χ2n) is 3.15. The van der Waals surface area contributed by atoms with Crippen LogP contribution in [0.15, 0.2) is 0 Å². The quantitative estimate of drug-likeness (QED) is 0.547. The van der Waals surface area contributed by atoms with Crippen LogP contribution in [-0.2, 0) is 4.74 Å². The van der Waals surface area contributed by atoms with Crippen LogP contribution in [0.5, 0.6) is 0 Å². The van der Waals surface area contributed by atoms with Gasteiger partial charge in [0.1, 0.15) is 0 Å². The van der Waals surface area contributed by atoms with Gasteiger partial charge in [0, 0.05) is 6.04 Å². The Balaban J connectivity index is 1.79. The molecule has 0 unspecified atom stereocenters. The molecule has 2 N–H and O–H groups in total. The van der Waals surface area contributed by atoms with Gasteiger partial charge in [-0.25, -0.2) is 0 Å². The summed E-state index contributed by atoms with van der Waals surface area (Å²) in [7, 11) is 0. The zero-order chi connectivity index (χ0) is 6.97. The molecular weight excluding hydrogens is 130 g/mol. The Morgan fingerprint density at radius 2 is 2.10 bits per heavy atom. The molecule has 3 nitrogen and oxygen atoms in total. The van der Waals surface area contributed by atoms with Crippen LogP contribution in [0.4, 0.5) is 0 Å². The highest BCUT2D eigenvalue weighted by Gasteiger charge is 2.31. The van der Waals surface area contributed by atoms with E-state index in [1.807, 2.05) is 0 Å². The van der Waals surface area contributed by atoms with Crippen molar-refractivity contribution in [3.8, 4) is 0 Å². The minimum Gasteiger partial charge on any atom is -0.389 e. The maximum atomic E-state index is 9.28. The molecule has 58 valence electrons. The third kappa shape index (κ3) is 1.31. The maximum Gasteiger partial charge on any atom is 0.0948 e. The number of rotatable bonds is 2. The van der Waals surface area contributed by atoms with Gasteiger partial charge in [-0.1, -0.05) is 0 Å². The fourth-order valence-corrected chi connectivity index (χ4v) is 1.25. The fourth-order valence-electron chi connectivity index (χ4n) is 1.25. The van der Waals surface area contributed by atoms with E-state index in [-0.39, 0.29) is 12.1 Å². The summed E-state index contributed by atoms with van der Waals surface area (Å²) in [5.41, 5.74) is 0. The molecule has 1 saturated carbocycles. The third-order valence-corrected chi connectivity index (χ3v) is 2.08. The van der Waals surface area contributed by atoms with Crippen LogP contribution in [-0.4, -0.2) is 36.5 Å². The first-order valence-electron chi connectivity index (χ1n) is 3.88. The zero-order valence-electron chi connectivity index (χ0n) is 5.92. The Labute approximate surface area is 60.4 Å². The first kappa shape index (κ1) is 6.58. The topological polar surface area (TPSA) is 41.5 Å². The largest absolute Gasteiger partial charge is 0.389 e.